The molecule has 0 bridgehead atoms. The molecule has 44 heteroatoms. The van der Waals surface area contributed by atoms with E-state index in [1.54, 1.807) is 58.0 Å². The summed E-state index contributed by atoms with van der Waals surface area (Å²) in [5, 5.41) is -0.419. The van der Waals surface area contributed by atoms with Crippen molar-refractivity contribution in [3.63, 3.8) is 0 Å². The fraction of sp³-hybridized carbons (Fsp3) is 0.200. The van der Waals surface area contributed by atoms with E-state index >= 15 is 0 Å². The molecule has 4 heterocycles. The Kier molecular flexibility index (Phi) is 79.4. The Morgan fingerprint density at radius 2 is 0.509 bits per heavy atom. The summed E-state index contributed by atoms with van der Waals surface area (Å²) in [4.78, 5) is 15.1. The Labute approximate surface area is 850 Å². The summed E-state index contributed by atoms with van der Waals surface area (Å²) in [5.41, 5.74) is 14.8. The van der Waals surface area contributed by atoms with Crippen LogP contribution in [0.25, 0.3) is 22.3 Å². The van der Waals surface area contributed by atoms with Gasteiger partial charge in [0.2, 0.25) is 0 Å². The molecule has 28 nitrogen and oxygen atoms in total. The van der Waals surface area contributed by atoms with Crippen LogP contribution in [0, 0.1) is 69.2 Å². The zero-order valence-corrected chi connectivity index (χ0v) is 90.3. The van der Waals surface area contributed by atoms with Crippen LogP contribution in [0.1, 0.15) is 56.2 Å². The minimum Gasteiger partial charge on any atom is -0.748 e. The zero-order valence-electron chi connectivity index (χ0n) is 67.8. The van der Waals surface area contributed by atoms with Gasteiger partial charge < -0.3 is 36.4 Å². The maximum Gasteiger partial charge on any atom is 1.00 e. The predicted molar refractivity (Wildman–Crippen MR) is 395 cm³/mol. The van der Waals surface area contributed by atoms with Crippen molar-refractivity contribution in [2.24, 2.45) is 0 Å². The number of hydrogen-bond donors (Lipinski definition) is 0. The molecule has 0 aliphatic rings. The Morgan fingerprint density at radius 3 is 0.754 bits per heavy atom. The van der Waals surface area contributed by atoms with Crippen molar-refractivity contribution in [3.8, 4) is 22.3 Å². The van der Waals surface area contributed by atoms with Crippen LogP contribution in [0.4, 0.5) is 0 Å². The van der Waals surface area contributed by atoms with Gasteiger partial charge in [0, 0.05) is 72.0 Å². The molecule has 580 valence electrons. The molecule has 10 rings (SSSR count). The van der Waals surface area contributed by atoms with E-state index in [0.717, 1.165) is 22.5 Å². The van der Waals surface area contributed by atoms with Gasteiger partial charge >= 0.3 is 236 Å². The Hall–Kier alpha value is -0.800. The average molecular weight is 1800 g/mol. The number of aromatic nitrogens is 4. The van der Waals surface area contributed by atoms with E-state index in [4.69, 9.17) is 51.9 Å². The van der Waals surface area contributed by atoms with Crippen molar-refractivity contribution in [1.82, 2.24) is 19.9 Å². The molecular weight excluding hydrogens is 1720 g/mol. The van der Waals surface area contributed by atoms with Crippen LogP contribution >= 0.6 is 0 Å². The molecule has 0 unspecified atom stereocenters. The first-order valence-electron chi connectivity index (χ1n) is 29.8. The summed E-state index contributed by atoms with van der Waals surface area (Å²) in [7, 11) is -32.9. The van der Waals surface area contributed by atoms with E-state index in [9.17, 15) is 51.9 Å². The minimum atomic E-state index is -4.39. The molecular formula is C70H80N4Na8O24S8. The maximum atomic E-state index is 10.4. The summed E-state index contributed by atoms with van der Waals surface area (Å²) >= 11 is 0. The Balaban J connectivity index is -0.000000130. The van der Waals surface area contributed by atoms with E-state index in [1.165, 1.54) is 99.2 Å². The number of pyridine rings is 4. The first-order chi connectivity index (χ1) is 48.3. The first-order valence-corrected chi connectivity index (χ1v) is 42.7. The standard InChI is InChI=1S/C13H12.C12H11N.C8H10.C7H9N.2C7H8O3S.2C6H7NO3S.4CH4O3S.8Na/c1-11-7-9-13(10-8-11)12-5-3-2-4-6-12;1-10-7-8-12(9-13-10)11-5-3-2-4-6-11;1-7-3-5-8(2)6-4-7;1-6-3-4-7(2)8-5-6;2*1-6-3-2-4-7(5-6)11(8,9)10;1-5-4-6(2-3-7-5)11(8,9)10;1-5-3-2-4-6(7-5)11(8,9)10;4*1-5(2,3)4;;;;;;;;/h2-10H,1H3;2-9H,1H3;3-6H,1-2H3;3-5H,1-2H3;2*2-5H,1H3,(H,8,9,10);2*2-4H,1H3,(H,8,9,10);4*1H3,(H,2,3,4);;;;;;;;/q;;;;;;;;;;;;8*+1/p-8. The molecule has 0 fully saturated rings. The number of benzene rings is 6. The van der Waals surface area contributed by atoms with Gasteiger partial charge in [0.25, 0.3) is 0 Å². The van der Waals surface area contributed by atoms with Gasteiger partial charge in [0.15, 0.2) is 0 Å². The fourth-order valence-electron chi connectivity index (χ4n) is 6.70. The first kappa shape index (κ1) is 134. The zero-order chi connectivity index (χ0) is 82.1. The molecule has 0 amide bonds. The van der Waals surface area contributed by atoms with Gasteiger partial charge in [-0.3, -0.25) is 15.0 Å². The van der Waals surface area contributed by atoms with Gasteiger partial charge in [-0.1, -0.05) is 168 Å². The van der Waals surface area contributed by atoms with Gasteiger partial charge in [-0.25, -0.2) is 72.3 Å². The van der Waals surface area contributed by atoms with E-state index in [2.05, 4.69) is 138 Å². The Morgan fingerprint density at radius 1 is 0.228 bits per heavy atom. The van der Waals surface area contributed by atoms with Crippen molar-refractivity contribution in [2.75, 3.05) is 25.0 Å². The van der Waals surface area contributed by atoms with E-state index < -0.39 is 86.0 Å². The fourth-order valence-corrected chi connectivity index (χ4v) is 8.89. The summed E-state index contributed by atoms with van der Waals surface area (Å²) in [5.74, 6) is 0. The number of aryl methyl sites for hydroxylation is 10. The molecule has 0 atom stereocenters. The van der Waals surface area contributed by atoms with Crippen molar-refractivity contribution in [3.05, 3.63) is 287 Å². The molecule has 0 aliphatic heterocycles. The molecule has 4 aromatic heterocycles. The third-order valence-corrected chi connectivity index (χ3v) is 14.5. The SMILES string of the molecule is CS(=O)(=O)[O-].CS(=O)(=O)[O-].CS(=O)(=O)[O-].CS(=O)(=O)[O-].Cc1cc(S(=O)(=O)[O-])ccn1.Cc1ccc(-c2ccccc2)cc1.Cc1ccc(-c2ccccc2)cn1.Cc1ccc(C)cc1.Cc1ccc(C)nc1.Cc1cccc(S(=O)(=O)[O-])c1.Cc1cccc(S(=O)(=O)[O-])c1.Cc1cccc(S(=O)(=O)[O-])n1.[Na+].[Na+].[Na+].[Na+].[Na+].[Na+].[Na+].[Na+]. The third-order valence-electron chi connectivity index (χ3n) is 11.3. The van der Waals surface area contributed by atoms with E-state index in [0.29, 0.717) is 36.4 Å². The topological polar surface area (TPSA) is 509 Å². The molecule has 6 aromatic carbocycles. The normalized spacial score (nSPS) is 10.0. The second kappa shape index (κ2) is 67.7. The van der Waals surface area contributed by atoms with E-state index in [1.807, 2.05) is 69.6 Å². The summed E-state index contributed by atoms with van der Waals surface area (Å²) in [6, 6.07) is 64.5. The van der Waals surface area contributed by atoms with Gasteiger partial charge in [0.1, 0.15) is 45.5 Å². The van der Waals surface area contributed by atoms with Gasteiger partial charge in [-0.05, 0) is 163 Å². The van der Waals surface area contributed by atoms with Gasteiger partial charge in [-0.15, -0.1) is 0 Å². The quantitative estimate of drug-likeness (QED) is 0.110. The van der Waals surface area contributed by atoms with E-state index in [-0.39, 0.29) is 251 Å². The predicted octanol–water partition coefficient (Wildman–Crippen LogP) is -14.2. The molecule has 0 aliphatic carbocycles. The van der Waals surface area contributed by atoms with Crippen LogP contribution < -0.4 is 236 Å². The molecule has 114 heavy (non-hydrogen) atoms. The monoisotopic (exact) mass is 1800 g/mol. The molecule has 0 radical (unpaired) electrons. The third kappa shape index (κ3) is 83.5. The smallest absolute Gasteiger partial charge is 0.748 e. The van der Waals surface area contributed by atoms with Crippen molar-refractivity contribution < 1.29 is 340 Å². The van der Waals surface area contributed by atoms with Gasteiger partial charge in [-0.2, -0.15) is 0 Å². The molecule has 0 saturated heterocycles. The molecule has 0 saturated carbocycles. The second-order valence-corrected chi connectivity index (χ2v) is 33.0. The summed E-state index contributed by atoms with van der Waals surface area (Å²) < 4.78 is 234. The summed E-state index contributed by atoms with van der Waals surface area (Å²) in [6.45, 7) is 19.0. The molecule has 10 aromatic rings. The van der Waals surface area contributed by atoms with Crippen LogP contribution in [-0.4, -0.2) is 149 Å². The van der Waals surface area contributed by atoms with Crippen molar-refractivity contribution in [2.45, 2.75) is 88.9 Å². The number of rotatable bonds is 6. The van der Waals surface area contributed by atoms with Crippen molar-refractivity contribution >= 4 is 80.9 Å². The largest absolute Gasteiger partial charge is 1.00 e. The Bertz CT molecular complexity index is 4660. The number of hydrogen-bond acceptors (Lipinski definition) is 28. The molecule has 0 N–H and O–H groups in total. The molecule has 0 spiro atoms. The van der Waals surface area contributed by atoms with Crippen LogP contribution in [0.15, 0.2) is 251 Å². The second-order valence-electron chi connectivity index (χ2n) is 21.9. The van der Waals surface area contributed by atoms with Crippen LogP contribution in [-0.2, 0) is 80.9 Å². The van der Waals surface area contributed by atoms with Crippen LogP contribution in [0.5, 0.6) is 0 Å². The van der Waals surface area contributed by atoms with Crippen LogP contribution in [0.3, 0.4) is 0 Å². The van der Waals surface area contributed by atoms with Crippen molar-refractivity contribution in [1.29, 1.82) is 0 Å². The maximum absolute atomic E-state index is 10.4. The number of nitrogens with zero attached hydrogens (tertiary/aromatic N) is 4. The average Bonchev–Trinajstić information content (AvgIpc) is 1.67. The van der Waals surface area contributed by atoms with Gasteiger partial charge in [0.05, 0.1) is 55.2 Å². The van der Waals surface area contributed by atoms with Crippen LogP contribution in [0.2, 0.25) is 0 Å². The summed E-state index contributed by atoms with van der Waals surface area (Å²) in [6.07, 6.45) is 7.49. The minimum absolute atomic E-state index is 0.